The largest absolute Gasteiger partial charge is 0.508 e. The van der Waals surface area contributed by atoms with Crippen molar-refractivity contribution >= 4 is 11.6 Å². The Morgan fingerprint density at radius 2 is 1.95 bits per heavy atom. The van der Waals surface area contributed by atoms with E-state index >= 15 is 0 Å². The molecule has 0 bridgehead atoms. The highest BCUT2D eigenvalue weighted by molar-refractivity contribution is 6.04. The maximum atomic E-state index is 12.1. The lowest BCUT2D eigenvalue weighted by Gasteiger charge is -2.06. The van der Waals surface area contributed by atoms with Crippen molar-refractivity contribution < 1.29 is 9.90 Å². The van der Waals surface area contributed by atoms with E-state index in [-0.39, 0.29) is 11.7 Å². The number of phenols is 1. The summed E-state index contributed by atoms with van der Waals surface area (Å²) in [6, 6.07) is 12.0. The molecule has 2 aromatic rings. The summed E-state index contributed by atoms with van der Waals surface area (Å²) in [6.07, 6.45) is 0. The van der Waals surface area contributed by atoms with Gasteiger partial charge in [0.05, 0.1) is 6.54 Å². The summed E-state index contributed by atoms with van der Waals surface area (Å²) in [4.78, 5) is 12.1. The highest BCUT2D eigenvalue weighted by Gasteiger charge is 2.08. The van der Waals surface area contributed by atoms with E-state index < -0.39 is 0 Å². The molecule has 4 heteroatoms. The fourth-order valence-corrected chi connectivity index (χ4v) is 1.74. The van der Waals surface area contributed by atoms with Gasteiger partial charge in [0, 0.05) is 16.8 Å². The van der Waals surface area contributed by atoms with Crippen LogP contribution in [0.25, 0.3) is 0 Å². The molecule has 0 fully saturated rings. The number of nitrogens with two attached hydrogens (primary N) is 1. The van der Waals surface area contributed by atoms with E-state index in [1.807, 2.05) is 12.1 Å². The third-order valence-electron chi connectivity index (χ3n) is 2.95. The zero-order valence-electron chi connectivity index (χ0n) is 11.7. The van der Waals surface area contributed by atoms with Gasteiger partial charge in [-0.15, -0.1) is 0 Å². The first kappa shape index (κ1) is 14.6. The average Bonchev–Trinajstić information content (AvgIpc) is 2.49. The smallest absolute Gasteiger partial charge is 0.255 e. The van der Waals surface area contributed by atoms with Crippen LogP contribution < -0.4 is 11.1 Å². The molecule has 0 atom stereocenters. The van der Waals surface area contributed by atoms with Gasteiger partial charge in [-0.25, -0.2) is 0 Å². The minimum Gasteiger partial charge on any atom is -0.508 e. The monoisotopic (exact) mass is 280 g/mol. The third-order valence-corrected chi connectivity index (χ3v) is 2.95. The second-order valence-electron chi connectivity index (χ2n) is 4.54. The predicted octanol–water partition coefficient (Wildman–Crippen LogP) is 2.26. The van der Waals surface area contributed by atoms with Crippen LogP contribution in [0.2, 0.25) is 0 Å². The minimum atomic E-state index is -0.272. The fourth-order valence-electron chi connectivity index (χ4n) is 1.74. The standard InChI is InChI=1S/C17H16N2O2/c1-12-4-7-14(11-16(12)20)17(21)19-15-8-5-13(6-9-15)3-2-10-18/h4-9,11,20H,10,18H2,1H3,(H,19,21). The number of carbonyl (C=O) groups is 1. The molecule has 0 unspecified atom stereocenters. The number of rotatable bonds is 2. The van der Waals surface area contributed by atoms with E-state index in [9.17, 15) is 9.90 Å². The summed E-state index contributed by atoms with van der Waals surface area (Å²) >= 11 is 0. The summed E-state index contributed by atoms with van der Waals surface area (Å²) in [5.74, 6) is 5.51. The van der Waals surface area contributed by atoms with Crippen LogP contribution in [-0.2, 0) is 0 Å². The number of nitrogens with one attached hydrogen (secondary N) is 1. The van der Waals surface area contributed by atoms with E-state index in [1.165, 1.54) is 6.07 Å². The molecule has 1 amide bonds. The molecule has 2 rings (SSSR count). The van der Waals surface area contributed by atoms with Crippen LogP contribution in [0.5, 0.6) is 5.75 Å². The van der Waals surface area contributed by atoms with Crippen molar-refractivity contribution in [2.45, 2.75) is 6.92 Å². The molecule has 0 heterocycles. The zero-order valence-corrected chi connectivity index (χ0v) is 11.7. The van der Waals surface area contributed by atoms with Gasteiger partial charge in [-0.05, 0) is 48.9 Å². The van der Waals surface area contributed by atoms with Crippen LogP contribution in [0.15, 0.2) is 42.5 Å². The average molecular weight is 280 g/mol. The molecule has 4 N–H and O–H groups in total. The topological polar surface area (TPSA) is 75.4 Å². The van der Waals surface area contributed by atoms with Crippen LogP contribution in [0, 0.1) is 18.8 Å². The summed E-state index contributed by atoms with van der Waals surface area (Å²) in [5.41, 5.74) is 7.95. The summed E-state index contributed by atoms with van der Waals surface area (Å²) < 4.78 is 0. The van der Waals surface area contributed by atoms with E-state index in [4.69, 9.17) is 5.73 Å². The van der Waals surface area contributed by atoms with Crippen molar-refractivity contribution in [1.29, 1.82) is 0 Å². The van der Waals surface area contributed by atoms with Gasteiger partial charge in [0.2, 0.25) is 0 Å². The Labute approximate surface area is 123 Å². The maximum Gasteiger partial charge on any atom is 0.255 e. The van der Waals surface area contributed by atoms with Crippen molar-refractivity contribution in [3.8, 4) is 17.6 Å². The van der Waals surface area contributed by atoms with Gasteiger partial charge in [0.25, 0.3) is 5.91 Å². The molecule has 0 aliphatic heterocycles. The molecule has 0 spiro atoms. The van der Waals surface area contributed by atoms with Crippen molar-refractivity contribution in [1.82, 2.24) is 0 Å². The second-order valence-corrected chi connectivity index (χ2v) is 4.54. The fraction of sp³-hybridized carbons (Fsp3) is 0.118. The Hall–Kier alpha value is -2.77. The first-order valence-corrected chi connectivity index (χ1v) is 6.50. The molecule has 106 valence electrons. The number of anilines is 1. The van der Waals surface area contributed by atoms with Gasteiger partial charge in [-0.3, -0.25) is 4.79 Å². The van der Waals surface area contributed by atoms with Gasteiger partial charge >= 0.3 is 0 Å². The van der Waals surface area contributed by atoms with Crippen LogP contribution in [-0.4, -0.2) is 17.6 Å². The Balaban J connectivity index is 2.10. The van der Waals surface area contributed by atoms with Crippen LogP contribution >= 0.6 is 0 Å². The zero-order chi connectivity index (χ0) is 15.2. The van der Waals surface area contributed by atoms with Gasteiger partial charge < -0.3 is 16.2 Å². The van der Waals surface area contributed by atoms with Crippen LogP contribution in [0.3, 0.4) is 0 Å². The van der Waals surface area contributed by atoms with Crippen LogP contribution in [0.4, 0.5) is 5.69 Å². The van der Waals surface area contributed by atoms with Crippen molar-refractivity contribution in [3.63, 3.8) is 0 Å². The van der Waals surface area contributed by atoms with Gasteiger partial charge in [0.15, 0.2) is 0 Å². The lowest BCUT2D eigenvalue weighted by atomic mass is 10.1. The van der Waals surface area contributed by atoms with Gasteiger partial charge in [-0.2, -0.15) is 0 Å². The van der Waals surface area contributed by atoms with Crippen LogP contribution in [0.1, 0.15) is 21.5 Å². The maximum absolute atomic E-state index is 12.1. The first-order chi connectivity index (χ1) is 10.1. The number of carbonyl (C=O) groups excluding carboxylic acids is 1. The number of hydrogen-bond donors (Lipinski definition) is 3. The van der Waals surface area contributed by atoms with E-state index in [0.717, 1.165) is 11.1 Å². The molecule has 0 aliphatic carbocycles. The first-order valence-electron chi connectivity index (χ1n) is 6.50. The van der Waals surface area contributed by atoms with Crippen molar-refractivity contribution in [2.75, 3.05) is 11.9 Å². The number of aryl methyl sites for hydroxylation is 1. The molecule has 0 radical (unpaired) electrons. The molecule has 2 aromatic carbocycles. The van der Waals surface area contributed by atoms with Gasteiger partial charge in [-0.1, -0.05) is 17.9 Å². The summed E-state index contributed by atoms with van der Waals surface area (Å²) in [6.45, 7) is 2.09. The molecule has 0 saturated heterocycles. The number of benzene rings is 2. The van der Waals surface area contributed by atoms with E-state index in [2.05, 4.69) is 17.2 Å². The predicted molar refractivity (Wildman–Crippen MR) is 83.2 cm³/mol. The lowest BCUT2D eigenvalue weighted by molar-refractivity contribution is 0.102. The molecule has 0 aliphatic rings. The van der Waals surface area contributed by atoms with Crippen molar-refractivity contribution in [2.24, 2.45) is 5.73 Å². The highest BCUT2D eigenvalue weighted by Crippen LogP contribution is 2.18. The minimum absolute atomic E-state index is 0.107. The Kier molecular flexibility index (Phi) is 4.60. The number of aromatic hydroxyl groups is 1. The molecule has 21 heavy (non-hydrogen) atoms. The number of hydrogen-bond acceptors (Lipinski definition) is 3. The molecule has 0 aromatic heterocycles. The van der Waals surface area contributed by atoms with E-state index in [1.54, 1.807) is 31.2 Å². The summed E-state index contributed by atoms with van der Waals surface area (Å²) in [5, 5.41) is 12.4. The SMILES string of the molecule is Cc1ccc(C(=O)Nc2ccc(C#CCN)cc2)cc1O. The van der Waals surface area contributed by atoms with Gasteiger partial charge in [0.1, 0.15) is 5.75 Å². The lowest BCUT2D eigenvalue weighted by Crippen LogP contribution is -2.11. The normalized spacial score (nSPS) is 9.62. The highest BCUT2D eigenvalue weighted by atomic mass is 16.3. The molecule has 4 nitrogen and oxygen atoms in total. The number of phenolic OH excluding ortho intramolecular Hbond substituents is 1. The van der Waals surface area contributed by atoms with E-state index in [0.29, 0.717) is 17.8 Å². The Morgan fingerprint density at radius 1 is 1.24 bits per heavy atom. The Bertz CT molecular complexity index is 710. The second kappa shape index (κ2) is 6.60. The number of amides is 1. The molecule has 0 saturated carbocycles. The summed E-state index contributed by atoms with van der Waals surface area (Å²) in [7, 11) is 0. The Morgan fingerprint density at radius 3 is 2.57 bits per heavy atom. The van der Waals surface area contributed by atoms with Crippen molar-refractivity contribution in [3.05, 3.63) is 59.2 Å². The molecular weight excluding hydrogens is 264 g/mol. The quantitative estimate of drug-likeness (QED) is 0.739. The third kappa shape index (κ3) is 3.85. The molecular formula is C17H16N2O2.